The minimum atomic E-state index is -3.60. The first-order valence-corrected chi connectivity index (χ1v) is 6.13. The molecule has 0 unspecified atom stereocenters. The highest BCUT2D eigenvalue weighted by Crippen LogP contribution is 2.13. The van der Waals surface area contributed by atoms with Gasteiger partial charge < -0.3 is 0 Å². The van der Waals surface area contributed by atoms with E-state index in [-0.39, 0.29) is 11.5 Å². The van der Waals surface area contributed by atoms with Crippen LogP contribution in [0.2, 0.25) is 0 Å². The van der Waals surface area contributed by atoms with Gasteiger partial charge in [0.25, 0.3) is 10.1 Å². The molecule has 0 aliphatic rings. The third-order valence-electron chi connectivity index (χ3n) is 1.90. The standard InChI is InChI=1S/C11H14O3S/c1-3-4-9-14-15(12,13)11-7-5-10(2)6-8-11/h1,5-8H,3-4,9H2,2H3. The molecule has 82 valence electrons. The lowest BCUT2D eigenvalue weighted by atomic mass is 10.2. The Morgan fingerprint density at radius 1 is 1.27 bits per heavy atom. The first kappa shape index (κ1) is 12.2. The summed E-state index contributed by atoms with van der Waals surface area (Å²) in [6, 6.07) is 6.54. The van der Waals surface area contributed by atoms with E-state index in [0.29, 0.717) is 12.8 Å². The van der Waals surface area contributed by atoms with Crippen LogP contribution in [0.4, 0.5) is 0 Å². The molecule has 0 saturated heterocycles. The van der Waals surface area contributed by atoms with Gasteiger partial charge in [0.2, 0.25) is 0 Å². The van der Waals surface area contributed by atoms with Gasteiger partial charge in [0.1, 0.15) is 0 Å². The molecule has 4 heteroatoms. The van der Waals surface area contributed by atoms with E-state index in [4.69, 9.17) is 11.1 Å². The summed E-state index contributed by atoms with van der Waals surface area (Å²) in [5.41, 5.74) is 1.01. The van der Waals surface area contributed by atoms with Gasteiger partial charge in [-0.25, -0.2) is 0 Å². The Labute approximate surface area is 91.2 Å². The third kappa shape index (κ3) is 3.64. The van der Waals surface area contributed by atoms with Gasteiger partial charge in [0.15, 0.2) is 0 Å². The van der Waals surface area contributed by atoms with Crippen molar-refractivity contribution in [1.82, 2.24) is 0 Å². The van der Waals surface area contributed by atoms with Gasteiger partial charge in [-0.2, -0.15) is 8.42 Å². The van der Waals surface area contributed by atoms with Crippen molar-refractivity contribution < 1.29 is 12.6 Å². The molecule has 0 saturated carbocycles. The number of rotatable bonds is 5. The van der Waals surface area contributed by atoms with Crippen LogP contribution >= 0.6 is 0 Å². The summed E-state index contributed by atoms with van der Waals surface area (Å²) in [6.45, 7) is 7.27. The molecule has 1 rings (SSSR count). The zero-order valence-corrected chi connectivity index (χ0v) is 9.46. The first-order chi connectivity index (χ1) is 7.06. The fourth-order valence-corrected chi connectivity index (χ4v) is 1.97. The minimum Gasteiger partial charge on any atom is -0.266 e. The van der Waals surface area contributed by atoms with E-state index >= 15 is 0 Å². The monoisotopic (exact) mass is 226 g/mol. The Morgan fingerprint density at radius 2 is 1.87 bits per heavy atom. The number of hydrogen-bond donors (Lipinski definition) is 0. The molecule has 0 bridgehead atoms. The maximum Gasteiger partial charge on any atom is 0.296 e. The van der Waals surface area contributed by atoms with Crippen LogP contribution in [0.25, 0.3) is 0 Å². The van der Waals surface area contributed by atoms with Gasteiger partial charge in [-0.15, -0.1) is 0 Å². The summed E-state index contributed by atoms with van der Waals surface area (Å²) in [7, 11) is -3.60. The molecular formula is C11H14O3S. The van der Waals surface area contributed by atoms with E-state index in [1.54, 1.807) is 12.1 Å². The molecule has 1 aromatic carbocycles. The van der Waals surface area contributed by atoms with E-state index < -0.39 is 10.1 Å². The second-order valence-corrected chi connectivity index (χ2v) is 4.85. The van der Waals surface area contributed by atoms with Crippen molar-refractivity contribution in [2.75, 3.05) is 6.61 Å². The molecule has 0 spiro atoms. The Kier molecular flexibility index (Phi) is 4.29. The number of aryl methyl sites for hydroxylation is 1. The zero-order chi connectivity index (χ0) is 11.3. The molecule has 0 aromatic heterocycles. The topological polar surface area (TPSA) is 43.4 Å². The quantitative estimate of drug-likeness (QED) is 0.571. The molecule has 0 heterocycles. The van der Waals surface area contributed by atoms with Crippen molar-refractivity contribution >= 4 is 10.1 Å². The predicted molar refractivity (Wildman–Crippen MR) is 57.9 cm³/mol. The summed E-state index contributed by atoms with van der Waals surface area (Å²) < 4.78 is 27.9. The van der Waals surface area contributed by atoms with Crippen molar-refractivity contribution in [3.8, 4) is 0 Å². The molecule has 0 aliphatic heterocycles. The summed E-state index contributed by atoms with van der Waals surface area (Å²) in [6.07, 6.45) is 0.953. The zero-order valence-electron chi connectivity index (χ0n) is 8.64. The van der Waals surface area contributed by atoms with E-state index in [0.717, 1.165) is 5.56 Å². The highest BCUT2D eigenvalue weighted by molar-refractivity contribution is 7.86. The van der Waals surface area contributed by atoms with Gasteiger partial charge in [0.05, 0.1) is 11.5 Å². The van der Waals surface area contributed by atoms with Crippen LogP contribution in [0.3, 0.4) is 0 Å². The van der Waals surface area contributed by atoms with E-state index in [1.807, 2.05) is 6.92 Å². The lowest BCUT2D eigenvalue weighted by molar-refractivity contribution is 0.313. The summed E-state index contributed by atoms with van der Waals surface area (Å²) in [5.74, 6) is 0. The second-order valence-electron chi connectivity index (χ2n) is 3.23. The van der Waals surface area contributed by atoms with Gasteiger partial charge in [-0.3, -0.25) is 4.18 Å². The fraction of sp³-hybridized carbons (Fsp3) is 0.364. The molecule has 2 radical (unpaired) electrons. The molecule has 0 atom stereocenters. The lowest BCUT2D eigenvalue weighted by Crippen LogP contribution is -2.07. The average Bonchev–Trinajstić information content (AvgIpc) is 2.18. The third-order valence-corrected chi connectivity index (χ3v) is 3.22. The van der Waals surface area contributed by atoms with Crippen LogP contribution in [0, 0.1) is 13.8 Å². The Hall–Kier alpha value is -0.870. The predicted octanol–water partition coefficient (Wildman–Crippen LogP) is 2.19. The largest absolute Gasteiger partial charge is 0.296 e. The highest BCUT2D eigenvalue weighted by Gasteiger charge is 2.13. The van der Waals surface area contributed by atoms with Crippen molar-refractivity contribution in [1.29, 1.82) is 0 Å². The smallest absolute Gasteiger partial charge is 0.266 e. The van der Waals surface area contributed by atoms with E-state index in [9.17, 15) is 8.42 Å². The van der Waals surface area contributed by atoms with Gasteiger partial charge in [0, 0.05) is 0 Å². The second kappa shape index (κ2) is 5.28. The minimum absolute atomic E-state index is 0.132. The van der Waals surface area contributed by atoms with Crippen LogP contribution in [0.1, 0.15) is 18.4 Å². The maximum atomic E-state index is 11.6. The highest BCUT2D eigenvalue weighted by atomic mass is 32.2. The molecule has 0 aliphatic carbocycles. The molecule has 1 aromatic rings. The van der Waals surface area contributed by atoms with Crippen LogP contribution < -0.4 is 0 Å². The van der Waals surface area contributed by atoms with Crippen molar-refractivity contribution in [3.05, 3.63) is 36.8 Å². The number of hydrogen-bond acceptors (Lipinski definition) is 3. The Morgan fingerprint density at radius 3 is 2.40 bits per heavy atom. The van der Waals surface area contributed by atoms with Crippen molar-refractivity contribution in [3.63, 3.8) is 0 Å². The van der Waals surface area contributed by atoms with Crippen molar-refractivity contribution in [2.45, 2.75) is 24.7 Å². The van der Waals surface area contributed by atoms with Crippen LogP contribution in [-0.4, -0.2) is 15.0 Å². The molecule has 0 N–H and O–H groups in total. The van der Waals surface area contributed by atoms with E-state index in [2.05, 4.69) is 0 Å². The molecule has 0 amide bonds. The van der Waals surface area contributed by atoms with Crippen molar-refractivity contribution in [2.24, 2.45) is 0 Å². The fourth-order valence-electron chi connectivity index (χ4n) is 1.02. The SMILES string of the molecule is [CH]CCCOS(=O)(=O)c1ccc(C)cc1. The Bertz CT molecular complexity index is 392. The van der Waals surface area contributed by atoms with Gasteiger partial charge in [-0.1, -0.05) is 17.7 Å². The molecular weight excluding hydrogens is 212 g/mol. The molecule has 3 nitrogen and oxygen atoms in total. The maximum absolute atomic E-state index is 11.6. The molecule has 15 heavy (non-hydrogen) atoms. The number of benzene rings is 1. The average molecular weight is 226 g/mol. The lowest BCUT2D eigenvalue weighted by Gasteiger charge is -2.04. The van der Waals surface area contributed by atoms with Gasteiger partial charge >= 0.3 is 0 Å². The summed E-state index contributed by atoms with van der Waals surface area (Å²) >= 11 is 0. The van der Waals surface area contributed by atoms with E-state index in [1.165, 1.54) is 12.1 Å². The summed E-state index contributed by atoms with van der Waals surface area (Å²) in [4.78, 5) is 0.185. The molecule has 0 fully saturated rings. The van der Waals surface area contributed by atoms with Gasteiger partial charge in [-0.05, 0) is 38.8 Å². The Balaban J connectivity index is 2.73. The van der Waals surface area contributed by atoms with Crippen LogP contribution in [0.15, 0.2) is 29.2 Å². The van der Waals surface area contributed by atoms with Crippen LogP contribution in [0.5, 0.6) is 0 Å². The normalized spacial score (nSPS) is 11.6. The first-order valence-electron chi connectivity index (χ1n) is 4.72. The number of unbranched alkanes of at least 4 members (excludes halogenated alkanes) is 1. The van der Waals surface area contributed by atoms with Crippen LogP contribution in [-0.2, 0) is 14.3 Å². The summed E-state index contributed by atoms with van der Waals surface area (Å²) in [5, 5.41) is 0.